The van der Waals surface area contributed by atoms with Crippen LogP contribution in [0.5, 0.6) is 0 Å². The number of alkyl halides is 3. The lowest BCUT2D eigenvalue weighted by molar-refractivity contribution is -0.201. The van der Waals surface area contributed by atoms with Gasteiger partial charge in [-0.15, -0.1) is 34.4 Å². The number of β-lactam (4-membered cyclic amide) rings is 1. The molecular formula is C26H21F3N6O9S3. The maximum atomic E-state index is 13.4. The van der Waals surface area contributed by atoms with Crippen LogP contribution in [0.25, 0.3) is 0 Å². The van der Waals surface area contributed by atoms with Crippen LogP contribution in [-0.4, -0.2) is 92.9 Å². The number of rotatable bonds is 8. The van der Waals surface area contributed by atoms with Crippen molar-refractivity contribution in [2.24, 2.45) is 5.16 Å². The number of esters is 3. The first kappa shape index (κ1) is 33.6. The molecule has 5 heterocycles. The molecule has 5 rings (SSSR count). The van der Waals surface area contributed by atoms with E-state index in [2.05, 4.69) is 20.2 Å². The molecule has 0 unspecified atom stereocenters. The summed E-state index contributed by atoms with van der Waals surface area (Å²) in [5, 5.41) is 16.8. The van der Waals surface area contributed by atoms with E-state index in [0.717, 1.165) is 39.3 Å². The van der Waals surface area contributed by atoms with Crippen LogP contribution in [-0.2, 0) is 33.4 Å². The first-order valence-electron chi connectivity index (χ1n) is 13.3. The van der Waals surface area contributed by atoms with Crippen molar-refractivity contribution < 1.29 is 56.6 Å². The van der Waals surface area contributed by atoms with Crippen LogP contribution in [0.1, 0.15) is 29.4 Å². The molecule has 2 aromatic rings. The van der Waals surface area contributed by atoms with Gasteiger partial charge < -0.3 is 25.7 Å². The fourth-order valence-corrected chi connectivity index (χ4v) is 7.55. The van der Waals surface area contributed by atoms with Gasteiger partial charge in [0.05, 0.1) is 12.2 Å². The molecule has 0 bridgehead atoms. The molecule has 4 N–H and O–H groups in total. The van der Waals surface area contributed by atoms with Crippen LogP contribution in [0.3, 0.4) is 0 Å². The van der Waals surface area contributed by atoms with Crippen molar-refractivity contribution in [3.63, 3.8) is 0 Å². The van der Waals surface area contributed by atoms with Crippen molar-refractivity contribution in [2.75, 3.05) is 29.5 Å². The summed E-state index contributed by atoms with van der Waals surface area (Å²) in [5.74, 6) is -8.02. The largest absolute Gasteiger partial charge is 0.491 e. The van der Waals surface area contributed by atoms with Gasteiger partial charge in [0.2, 0.25) is 0 Å². The van der Waals surface area contributed by atoms with Crippen LogP contribution in [0.2, 0.25) is 0 Å². The van der Waals surface area contributed by atoms with Gasteiger partial charge in [0.25, 0.3) is 17.7 Å². The Morgan fingerprint density at radius 2 is 1.98 bits per heavy atom. The Labute approximate surface area is 273 Å². The normalized spacial score (nSPS) is 20.7. The van der Waals surface area contributed by atoms with Crippen molar-refractivity contribution >= 4 is 85.9 Å². The Bertz CT molecular complexity index is 1780. The first-order chi connectivity index (χ1) is 22.3. The molecular weight excluding hydrogens is 694 g/mol. The summed E-state index contributed by atoms with van der Waals surface area (Å²) in [6.07, 6.45) is -4.22. The molecule has 3 aliphatic heterocycles. The highest BCUT2D eigenvalue weighted by atomic mass is 32.2. The maximum Gasteiger partial charge on any atom is 0.491 e. The van der Waals surface area contributed by atoms with Gasteiger partial charge >= 0.3 is 24.1 Å². The predicted molar refractivity (Wildman–Crippen MR) is 159 cm³/mol. The van der Waals surface area contributed by atoms with Gasteiger partial charge in [-0.05, 0) is 36.4 Å². The van der Waals surface area contributed by atoms with E-state index < -0.39 is 64.6 Å². The molecule has 3 aliphatic rings. The number of nitrogens with two attached hydrogens (primary N) is 1. The van der Waals surface area contributed by atoms with E-state index in [4.69, 9.17) is 10.5 Å². The summed E-state index contributed by atoms with van der Waals surface area (Å²) in [6.45, 7) is 1.84. The number of thiazole rings is 1. The molecule has 2 atom stereocenters. The fraction of sp³-hybridized carbons (Fsp3) is 0.308. The molecule has 2 fully saturated rings. The molecule has 248 valence electrons. The Morgan fingerprint density at radius 3 is 2.62 bits per heavy atom. The molecule has 0 aromatic carbocycles. The van der Waals surface area contributed by atoms with Crippen LogP contribution in [0.15, 0.2) is 44.9 Å². The van der Waals surface area contributed by atoms with Crippen LogP contribution in [0, 0.1) is 0 Å². The molecule has 2 aromatic heterocycles. The highest BCUT2D eigenvalue weighted by Crippen LogP contribution is 2.42. The molecule has 3 amide bonds. The van der Waals surface area contributed by atoms with Gasteiger partial charge in [-0.25, -0.2) is 19.4 Å². The third kappa shape index (κ3) is 6.45. The van der Waals surface area contributed by atoms with E-state index in [0.29, 0.717) is 5.00 Å². The fourth-order valence-electron chi connectivity index (χ4n) is 4.78. The summed E-state index contributed by atoms with van der Waals surface area (Å²) in [4.78, 5) is 82.3. The summed E-state index contributed by atoms with van der Waals surface area (Å²) >= 11 is 3.04. The maximum absolute atomic E-state index is 13.4. The molecule has 15 nitrogen and oxygen atoms in total. The van der Waals surface area contributed by atoms with Crippen molar-refractivity contribution in [1.29, 1.82) is 0 Å². The Kier molecular flexibility index (Phi) is 9.41. The van der Waals surface area contributed by atoms with Gasteiger partial charge in [0.15, 0.2) is 10.8 Å². The zero-order valence-electron chi connectivity index (χ0n) is 23.7. The second-order valence-corrected chi connectivity index (χ2v) is 12.6. The molecule has 0 aliphatic carbocycles. The number of hydrogen-bond donors (Lipinski definition) is 3. The standard InChI is InChI=1S/C26H21F3N6O9S3/c1-2-43-22(39)12-4-6-45-20(12)34-5-3-10(18(34)37)7-11-8-46-21-15(32-17(36)14(33-42)13-9-47-25(30)31-13)19(38)35(21)16(11)23(40)44-24(41)26(27,28)29/h4,6-7,9,15,21,42H,2-3,5,8H2,1H3,(H2,30,31)(H,32,36)/b10-7?,33-14-/t15-,21-/m1/s1. The Hall–Kier alpha value is -4.76. The number of hydrogen-bond acceptors (Lipinski definition) is 15. The first-order valence-corrected chi connectivity index (χ1v) is 16.1. The lowest BCUT2D eigenvalue weighted by Gasteiger charge is -2.49. The van der Waals surface area contributed by atoms with E-state index >= 15 is 0 Å². The number of nitrogens with zero attached hydrogens (tertiary/aromatic N) is 4. The summed E-state index contributed by atoms with van der Waals surface area (Å²) in [6, 6.07) is 0.144. The number of thiophene rings is 1. The molecule has 0 saturated carbocycles. The highest BCUT2D eigenvalue weighted by Gasteiger charge is 2.55. The average Bonchev–Trinajstić information content (AvgIpc) is 3.76. The number of ether oxygens (including phenoxy) is 2. The number of nitrogen functional groups attached to an aromatic ring is 1. The van der Waals surface area contributed by atoms with Crippen molar-refractivity contribution in [1.82, 2.24) is 15.2 Å². The summed E-state index contributed by atoms with van der Waals surface area (Å²) in [5.41, 5.74) is 4.30. The number of thioether (sulfide) groups is 1. The Morgan fingerprint density at radius 1 is 1.23 bits per heavy atom. The number of amides is 3. The lowest BCUT2D eigenvalue weighted by atomic mass is 10.0. The van der Waals surface area contributed by atoms with Crippen LogP contribution >= 0.6 is 34.4 Å². The van der Waals surface area contributed by atoms with E-state index in [1.807, 2.05) is 0 Å². The number of carbonyl (C=O) groups is 6. The van der Waals surface area contributed by atoms with Gasteiger partial charge in [0, 0.05) is 23.3 Å². The number of carbonyl (C=O) groups excluding carboxylic acids is 6. The topological polar surface area (TPSA) is 211 Å². The summed E-state index contributed by atoms with van der Waals surface area (Å²) < 4.78 is 48.0. The molecule has 0 radical (unpaired) electrons. The highest BCUT2D eigenvalue weighted by molar-refractivity contribution is 8.00. The quantitative estimate of drug-likeness (QED) is 0.0680. The van der Waals surface area contributed by atoms with E-state index in [9.17, 15) is 47.1 Å². The van der Waals surface area contributed by atoms with Gasteiger partial charge in [0.1, 0.15) is 27.8 Å². The number of oxime groups is 1. The number of halogens is 3. The monoisotopic (exact) mass is 714 g/mol. The minimum atomic E-state index is -5.54. The zero-order valence-corrected chi connectivity index (χ0v) is 26.2. The predicted octanol–water partition coefficient (Wildman–Crippen LogP) is 1.79. The van der Waals surface area contributed by atoms with E-state index in [-0.39, 0.29) is 52.9 Å². The number of allylic oxidation sites excluding steroid dienone is 1. The van der Waals surface area contributed by atoms with E-state index in [1.54, 1.807) is 12.3 Å². The van der Waals surface area contributed by atoms with Crippen molar-refractivity contribution in [3.8, 4) is 0 Å². The minimum Gasteiger partial charge on any atom is -0.462 e. The molecule has 2 saturated heterocycles. The second kappa shape index (κ2) is 13.2. The van der Waals surface area contributed by atoms with Gasteiger partial charge in [-0.3, -0.25) is 24.2 Å². The molecule has 0 spiro atoms. The van der Waals surface area contributed by atoms with Crippen molar-refractivity contribution in [2.45, 2.75) is 30.9 Å². The van der Waals surface area contributed by atoms with Crippen LogP contribution < -0.4 is 16.0 Å². The number of nitrogens with one attached hydrogen (secondary N) is 1. The molecule has 21 heteroatoms. The Balaban J connectivity index is 1.43. The second-order valence-electron chi connectivity index (χ2n) is 9.67. The number of fused-ring (bicyclic) bond motifs is 1. The summed E-state index contributed by atoms with van der Waals surface area (Å²) in [7, 11) is 0. The SMILES string of the molecule is CCOC(=O)c1ccsc1N1CCC(=CC2=C(C(=O)OC(=O)C(F)(F)F)N3C(=O)[C@@H](NC(=O)/C(=N\O)c4csc(N)n4)[C@H]3SC2)C1=O. The van der Waals surface area contributed by atoms with E-state index in [1.165, 1.54) is 22.4 Å². The third-order valence-electron chi connectivity index (χ3n) is 6.83. The zero-order chi connectivity index (χ0) is 34.2. The van der Waals surface area contributed by atoms with Gasteiger partial charge in [-0.2, -0.15) is 13.2 Å². The van der Waals surface area contributed by atoms with Gasteiger partial charge in [-0.1, -0.05) is 5.16 Å². The molecule has 47 heavy (non-hydrogen) atoms. The number of aromatic nitrogens is 1. The lowest BCUT2D eigenvalue weighted by Crippen LogP contribution is -2.71. The minimum absolute atomic E-state index is 0.0599. The smallest absolute Gasteiger partial charge is 0.462 e. The van der Waals surface area contributed by atoms with Crippen LogP contribution in [0.4, 0.5) is 23.3 Å². The average molecular weight is 715 g/mol. The number of anilines is 2. The van der Waals surface area contributed by atoms with Crippen molar-refractivity contribution in [3.05, 3.63) is 51.0 Å². The third-order valence-corrected chi connectivity index (χ3v) is 9.74.